The van der Waals surface area contributed by atoms with Crippen molar-refractivity contribution in [2.45, 2.75) is 58.3 Å². The van der Waals surface area contributed by atoms with Gasteiger partial charge in [0.05, 0.1) is 85.7 Å². The first-order valence-corrected chi connectivity index (χ1v) is 15.1. The van der Waals surface area contributed by atoms with Gasteiger partial charge >= 0.3 is 11.9 Å². The lowest BCUT2D eigenvalue weighted by Gasteiger charge is -2.09. The normalized spacial score (nSPS) is 11.2. The van der Waals surface area contributed by atoms with Crippen molar-refractivity contribution in [1.82, 2.24) is 0 Å². The Kier molecular flexibility index (Phi) is 24.1. The molecule has 0 radical (unpaired) electrons. The lowest BCUT2D eigenvalue weighted by atomic mass is 10.1. The standard InChI is InChI=1S/C30H45F5O10/c1-2-3-4-5-6-7-8-23(36)44-22-21-43-20-19-42-18-17-41-16-15-40-14-13-39-12-11-38-10-9-24(37)45-30-28(34)26(32)25(31)27(33)29(30)35/h2-22H2,1H3. The maximum atomic E-state index is 13.5. The minimum absolute atomic E-state index is 0.0801. The number of hydrogen-bond donors (Lipinski definition) is 0. The number of benzene rings is 1. The molecule has 1 aromatic rings. The van der Waals surface area contributed by atoms with Crippen LogP contribution in [0.15, 0.2) is 0 Å². The zero-order valence-corrected chi connectivity index (χ0v) is 25.8. The lowest BCUT2D eigenvalue weighted by molar-refractivity contribution is -0.145. The van der Waals surface area contributed by atoms with E-state index >= 15 is 0 Å². The second-order valence-corrected chi connectivity index (χ2v) is 9.54. The summed E-state index contributed by atoms with van der Waals surface area (Å²) in [7, 11) is 0. The van der Waals surface area contributed by atoms with Crippen LogP contribution >= 0.6 is 0 Å². The van der Waals surface area contributed by atoms with Gasteiger partial charge in [0.15, 0.2) is 0 Å². The quantitative estimate of drug-likeness (QED) is 0.0289. The Bertz CT molecular complexity index is 925. The highest BCUT2D eigenvalue weighted by Gasteiger charge is 2.28. The van der Waals surface area contributed by atoms with Gasteiger partial charge in [0.2, 0.25) is 34.8 Å². The van der Waals surface area contributed by atoms with Crippen LogP contribution in [0.2, 0.25) is 0 Å². The summed E-state index contributed by atoms with van der Waals surface area (Å²) >= 11 is 0. The number of carbonyl (C=O) groups is 2. The molecule has 1 rings (SSSR count). The number of carbonyl (C=O) groups excluding carboxylic acids is 2. The highest BCUT2D eigenvalue weighted by molar-refractivity contribution is 5.72. The molecular formula is C30H45F5O10. The van der Waals surface area contributed by atoms with Gasteiger partial charge in [-0.15, -0.1) is 0 Å². The number of unbranched alkanes of at least 4 members (excludes halogenated alkanes) is 5. The summed E-state index contributed by atoms with van der Waals surface area (Å²) in [6.45, 7) is 5.63. The summed E-state index contributed by atoms with van der Waals surface area (Å²) in [5.41, 5.74) is 0. The third-order valence-electron chi connectivity index (χ3n) is 5.92. The second kappa shape index (κ2) is 26.8. The zero-order valence-electron chi connectivity index (χ0n) is 25.8. The Morgan fingerprint density at radius 2 is 0.822 bits per heavy atom. The van der Waals surface area contributed by atoms with Gasteiger partial charge in [0, 0.05) is 6.42 Å². The van der Waals surface area contributed by atoms with Gasteiger partial charge in [0.25, 0.3) is 0 Å². The van der Waals surface area contributed by atoms with Crippen LogP contribution < -0.4 is 4.74 Å². The van der Waals surface area contributed by atoms with E-state index in [0.717, 1.165) is 19.3 Å². The molecule has 0 saturated carbocycles. The van der Waals surface area contributed by atoms with Crippen LogP contribution in [0.1, 0.15) is 58.3 Å². The maximum Gasteiger partial charge on any atom is 0.313 e. The molecule has 10 nitrogen and oxygen atoms in total. The van der Waals surface area contributed by atoms with Crippen molar-refractivity contribution in [3.63, 3.8) is 0 Å². The predicted octanol–water partition coefficient (Wildman–Crippen LogP) is 5.07. The minimum atomic E-state index is -2.35. The number of ether oxygens (including phenoxy) is 8. The molecule has 0 N–H and O–H groups in total. The molecule has 45 heavy (non-hydrogen) atoms. The molecule has 0 aromatic heterocycles. The van der Waals surface area contributed by atoms with E-state index in [2.05, 4.69) is 11.7 Å². The summed E-state index contributed by atoms with van der Waals surface area (Å²) < 4.78 is 108. The molecule has 0 unspecified atom stereocenters. The van der Waals surface area contributed by atoms with E-state index in [1.54, 1.807) is 0 Å². The van der Waals surface area contributed by atoms with Crippen molar-refractivity contribution in [3.05, 3.63) is 29.1 Å². The fraction of sp³-hybridized carbons (Fsp3) is 0.733. The van der Waals surface area contributed by atoms with Gasteiger partial charge in [-0.1, -0.05) is 39.0 Å². The number of rotatable bonds is 29. The van der Waals surface area contributed by atoms with E-state index in [0.29, 0.717) is 59.3 Å². The first-order chi connectivity index (χ1) is 21.8. The Morgan fingerprint density at radius 1 is 0.444 bits per heavy atom. The SMILES string of the molecule is CCCCCCCCC(=O)OCCOCCOCCOCCOCCOCCOCCC(=O)Oc1c(F)c(F)c(F)c(F)c1F. The Labute approximate surface area is 260 Å². The van der Waals surface area contributed by atoms with E-state index < -0.39 is 47.2 Å². The molecule has 0 fully saturated rings. The molecule has 0 heterocycles. The zero-order chi connectivity index (χ0) is 33.1. The van der Waals surface area contributed by atoms with Gasteiger partial charge in [-0.05, 0) is 6.42 Å². The van der Waals surface area contributed by atoms with Gasteiger partial charge in [0.1, 0.15) is 6.61 Å². The third kappa shape index (κ3) is 19.6. The smallest absolute Gasteiger partial charge is 0.313 e. The summed E-state index contributed by atoms with van der Waals surface area (Å²) in [4.78, 5) is 23.3. The highest BCUT2D eigenvalue weighted by atomic mass is 19.2. The molecule has 0 aliphatic heterocycles. The third-order valence-corrected chi connectivity index (χ3v) is 5.92. The van der Waals surface area contributed by atoms with Crippen LogP contribution in [-0.4, -0.2) is 97.8 Å². The predicted molar refractivity (Wildman–Crippen MR) is 150 cm³/mol. The van der Waals surface area contributed by atoms with Crippen LogP contribution in [0.5, 0.6) is 5.75 Å². The molecule has 0 amide bonds. The first-order valence-electron chi connectivity index (χ1n) is 15.1. The fourth-order valence-electron chi connectivity index (χ4n) is 3.53. The summed E-state index contributed by atoms with van der Waals surface area (Å²) in [5, 5.41) is 0. The van der Waals surface area contributed by atoms with Gasteiger partial charge in [-0.25, -0.2) is 13.2 Å². The van der Waals surface area contributed by atoms with E-state index in [4.69, 9.17) is 33.2 Å². The van der Waals surface area contributed by atoms with Gasteiger partial charge < -0.3 is 37.9 Å². The lowest BCUT2D eigenvalue weighted by Crippen LogP contribution is -2.16. The average molecular weight is 661 g/mol. The molecule has 15 heteroatoms. The molecular weight excluding hydrogens is 615 g/mol. The number of esters is 2. The molecule has 0 aliphatic rings. The van der Waals surface area contributed by atoms with E-state index in [9.17, 15) is 31.5 Å². The van der Waals surface area contributed by atoms with Crippen molar-refractivity contribution >= 4 is 11.9 Å². The van der Waals surface area contributed by atoms with Crippen molar-refractivity contribution in [2.24, 2.45) is 0 Å². The van der Waals surface area contributed by atoms with Crippen LogP contribution in [0, 0.1) is 29.1 Å². The largest absolute Gasteiger partial charge is 0.463 e. The van der Waals surface area contributed by atoms with Crippen LogP contribution in [0.25, 0.3) is 0 Å². The van der Waals surface area contributed by atoms with Crippen molar-refractivity contribution < 1.29 is 69.4 Å². The Hall–Kier alpha value is -2.43. The highest BCUT2D eigenvalue weighted by Crippen LogP contribution is 2.29. The topological polar surface area (TPSA) is 108 Å². The fourth-order valence-corrected chi connectivity index (χ4v) is 3.53. The average Bonchev–Trinajstić information content (AvgIpc) is 3.03. The van der Waals surface area contributed by atoms with Crippen LogP contribution in [0.4, 0.5) is 22.0 Å². The summed E-state index contributed by atoms with van der Waals surface area (Å²) in [6, 6.07) is 0. The number of hydrogen-bond acceptors (Lipinski definition) is 10. The molecule has 1 aromatic carbocycles. The Balaban J connectivity index is 1.82. The van der Waals surface area contributed by atoms with Gasteiger partial charge in [-0.3, -0.25) is 9.59 Å². The number of halogens is 5. The summed E-state index contributed by atoms with van der Waals surface area (Å²) in [6.07, 6.45) is 6.71. The van der Waals surface area contributed by atoms with E-state index in [1.165, 1.54) is 19.3 Å². The monoisotopic (exact) mass is 660 g/mol. The molecule has 0 spiro atoms. The van der Waals surface area contributed by atoms with Crippen LogP contribution in [-0.2, 0) is 42.7 Å². The maximum absolute atomic E-state index is 13.5. The summed E-state index contributed by atoms with van der Waals surface area (Å²) in [5.74, 6) is -14.3. The second-order valence-electron chi connectivity index (χ2n) is 9.54. The van der Waals surface area contributed by atoms with Crippen molar-refractivity contribution in [3.8, 4) is 5.75 Å². The Morgan fingerprint density at radius 3 is 1.29 bits per heavy atom. The van der Waals surface area contributed by atoms with Crippen molar-refractivity contribution in [2.75, 3.05) is 85.9 Å². The first kappa shape index (κ1) is 40.6. The molecule has 0 saturated heterocycles. The van der Waals surface area contributed by atoms with E-state index in [1.807, 2.05) is 0 Å². The van der Waals surface area contributed by atoms with Gasteiger partial charge in [-0.2, -0.15) is 8.78 Å². The van der Waals surface area contributed by atoms with Crippen molar-refractivity contribution in [1.29, 1.82) is 0 Å². The minimum Gasteiger partial charge on any atom is -0.463 e. The molecule has 0 aliphatic carbocycles. The molecule has 260 valence electrons. The molecule has 0 atom stereocenters. The van der Waals surface area contributed by atoms with E-state index in [-0.39, 0.29) is 39.0 Å². The van der Waals surface area contributed by atoms with Crippen LogP contribution in [0.3, 0.4) is 0 Å². The molecule has 0 bridgehead atoms.